The van der Waals surface area contributed by atoms with Gasteiger partial charge in [0.15, 0.2) is 17.8 Å². The Morgan fingerprint density at radius 2 is 1.44 bits per heavy atom. The summed E-state index contributed by atoms with van der Waals surface area (Å²) in [5, 5.41) is 28.2. The van der Waals surface area contributed by atoms with Gasteiger partial charge in [-0.2, -0.15) is 0 Å². The van der Waals surface area contributed by atoms with E-state index < -0.39 is 24.5 Å². The second-order valence-electron chi connectivity index (χ2n) is 9.13. The van der Waals surface area contributed by atoms with Gasteiger partial charge in [-0.05, 0) is 43.4 Å². The topological polar surface area (TPSA) is 144 Å². The van der Waals surface area contributed by atoms with Gasteiger partial charge in [0.05, 0.1) is 0 Å². The van der Waals surface area contributed by atoms with Crippen LogP contribution in [0.1, 0.15) is 27.8 Å². The summed E-state index contributed by atoms with van der Waals surface area (Å²) >= 11 is 0. The summed E-state index contributed by atoms with van der Waals surface area (Å²) in [6.07, 6.45) is -2.25. The van der Waals surface area contributed by atoms with Crippen LogP contribution in [0.15, 0.2) is 42.5 Å². The minimum atomic E-state index is -0.699. The quantitative estimate of drug-likeness (QED) is 0.273. The van der Waals surface area contributed by atoms with Crippen molar-refractivity contribution in [1.29, 1.82) is 0 Å². The lowest BCUT2D eigenvalue weighted by Crippen LogP contribution is -2.20. The Morgan fingerprint density at radius 1 is 0.829 bits per heavy atom. The Bertz CT molecular complexity index is 1580. The Balaban J connectivity index is 0.000000189. The summed E-state index contributed by atoms with van der Waals surface area (Å²) in [6.45, 7) is 6.29. The number of rotatable bonds is 6. The number of hydrogen-bond donors (Lipinski definition) is 0. The molecule has 212 valence electrons. The summed E-state index contributed by atoms with van der Waals surface area (Å²) < 4.78 is 30.4. The zero-order chi connectivity index (χ0) is 29.4. The van der Waals surface area contributed by atoms with Gasteiger partial charge in [0, 0.05) is 21.0 Å². The van der Waals surface area contributed by atoms with Gasteiger partial charge in [-0.3, -0.25) is 0 Å². The van der Waals surface area contributed by atoms with E-state index in [1.807, 2.05) is 57.2 Å². The largest absolute Gasteiger partial charge is 0.508 e. The molecule has 0 saturated carbocycles. The van der Waals surface area contributed by atoms with E-state index in [1.165, 1.54) is 0 Å². The van der Waals surface area contributed by atoms with Crippen LogP contribution < -0.4 is 9.47 Å². The number of fused-ring (bicyclic) bond motifs is 1. The van der Waals surface area contributed by atoms with E-state index >= 15 is 0 Å². The van der Waals surface area contributed by atoms with Crippen LogP contribution in [-0.2, 0) is 18.9 Å². The van der Waals surface area contributed by atoms with Crippen molar-refractivity contribution in [3.8, 4) is 23.6 Å². The molecule has 3 aromatic carbocycles. The fraction of sp³-hybridized carbons (Fsp3) is 0.310. The number of carbonyl (C=O) groups excluding carboxylic acids is 2. The van der Waals surface area contributed by atoms with Gasteiger partial charge in [-0.15, -0.1) is 0 Å². The lowest BCUT2D eigenvalue weighted by molar-refractivity contribution is 0.0975. The van der Waals surface area contributed by atoms with Crippen LogP contribution in [0.4, 0.5) is 9.59 Å². The van der Waals surface area contributed by atoms with E-state index in [-0.39, 0.29) is 26.4 Å². The Hall–Kier alpha value is -5.36. The molecule has 2 unspecified atom stereocenters. The number of ether oxygens (including phenoxy) is 6. The molecule has 0 spiro atoms. The van der Waals surface area contributed by atoms with Crippen molar-refractivity contribution in [3.63, 3.8) is 0 Å². The highest BCUT2D eigenvalue weighted by atomic mass is 16.8. The fourth-order valence-corrected chi connectivity index (χ4v) is 4.39. The molecule has 0 radical (unpaired) electrons. The summed E-state index contributed by atoms with van der Waals surface area (Å²) in [6, 6.07) is 17.9. The third kappa shape index (κ3) is 6.99. The van der Waals surface area contributed by atoms with Gasteiger partial charge in [0.1, 0.15) is 43.5 Å². The minimum Gasteiger partial charge on any atom is -0.498 e. The van der Waals surface area contributed by atoms with E-state index in [9.17, 15) is 20.0 Å². The molecule has 0 aliphatic carbocycles. The highest BCUT2D eigenvalue weighted by Crippen LogP contribution is 2.30. The van der Waals surface area contributed by atoms with Crippen LogP contribution in [0.2, 0.25) is 0 Å². The van der Waals surface area contributed by atoms with Crippen molar-refractivity contribution in [2.45, 2.75) is 33.0 Å². The molecule has 2 aliphatic rings. The number of cyclic esters (lactones) is 4. The third-order valence-corrected chi connectivity index (χ3v) is 6.25. The van der Waals surface area contributed by atoms with E-state index in [2.05, 4.69) is 31.6 Å². The van der Waals surface area contributed by atoms with Crippen LogP contribution in [0.3, 0.4) is 0 Å². The van der Waals surface area contributed by atoms with E-state index in [4.69, 9.17) is 18.9 Å². The van der Waals surface area contributed by atoms with Crippen LogP contribution in [-0.4, -0.2) is 50.9 Å². The van der Waals surface area contributed by atoms with Crippen molar-refractivity contribution in [2.75, 3.05) is 26.4 Å². The van der Waals surface area contributed by atoms with Crippen molar-refractivity contribution >= 4 is 23.1 Å². The first-order chi connectivity index (χ1) is 19.8. The predicted octanol–water partition coefficient (Wildman–Crippen LogP) is 5.64. The van der Waals surface area contributed by atoms with Gasteiger partial charge in [0.2, 0.25) is 0 Å². The first kappa shape index (κ1) is 28.6. The SMILES string of the molecule is Cc1cc(C)c(OCC2COC(=O)O2)c(C)c1C#[N+][O-].O=C1OCC(COc2ccc3ccccc3c2C#[N+][O-])O1. The smallest absolute Gasteiger partial charge is 0.498 e. The van der Waals surface area contributed by atoms with E-state index in [0.29, 0.717) is 22.6 Å². The molecule has 2 atom stereocenters. The number of benzene rings is 3. The highest BCUT2D eigenvalue weighted by Gasteiger charge is 2.27. The van der Waals surface area contributed by atoms with Crippen LogP contribution in [0.5, 0.6) is 11.5 Å². The Kier molecular flexibility index (Phi) is 9.17. The number of nitrogens with zero attached hydrogens (tertiary/aromatic N) is 2. The molecule has 0 bridgehead atoms. The summed E-state index contributed by atoms with van der Waals surface area (Å²) in [5.41, 5.74) is 3.73. The van der Waals surface area contributed by atoms with Crippen LogP contribution in [0.25, 0.3) is 20.8 Å². The zero-order valence-electron chi connectivity index (χ0n) is 22.5. The van der Waals surface area contributed by atoms with Crippen molar-refractivity contribution in [3.05, 3.63) is 90.7 Å². The molecule has 0 aromatic heterocycles. The van der Waals surface area contributed by atoms with Gasteiger partial charge in [-0.25, -0.2) is 9.59 Å². The first-order valence-corrected chi connectivity index (χ1v) is 12.5. The number of aryl methyl sites for hydroxylation is 2. The molecule has 5 rings (SSSR count). The zero-order valence-corrected chi connectivity index (χ0v) is 22.5. The highest BCUT2D eigenvalue weighted by molar-refractivity contribution is 5.90. The molecular weight excluding hydrogens is 536 g/mol. The molecule has 2 heterocycles. The van der Waals surface area contributed by atoms with Crippen LogP contribution in [0, 0.1) is 43.3 Å². The first-order valence-electron chi connectivity index (χ1n) is 12.5. The van der Waals surface area contributed by atoms with E-state index in [0.717, 1.165) is 27.5 Å². The van der Waals surface area contributed by atoms with E-state index in [1.54, 1.807) is 6.07 Å². The van der Waals surface area contributed by atoms with Gasteiger partial charge < -0.3 is 38.8 Å². The maximum absolute atomic E-state index is 10.8. The molecule has 12 nitrogen and oxygen atoms in total. The van der Waals surface area contributed by atoms with Gasteiger partial charge in [0.25, 0.3) is 0 Å². The molecule has 2 aliphatic heterocycles. The normalized spacial score (nSPS) is 16.9. The number of carbonyl (C=O) groups is 2. The average molecular weight is 563 g/mol. The maximum atomic E-state index is 10.8. The summed E-state index contributed by atoms with van der Waals surface area (Å²) in [7, 11) is 0. The molecule has 12 heteroatoms. The van der Waals surface area contributed by atoms with Crippen LogP contribution >= 0.6 is 0 Å². The fourth-order valence-electron chi connectivity index (χ4n) is 4.39. The maximum Gasteiger partial charge on any atom is 0.508 e. The monoisotopic (exact) mass is 562 g/mol. The molecule has 0 amide bonds. The Morgan fingerprint density at radius 3 is 2.05 bits per heavy atom. The lowest BCUT2D eigenvalue weighted by atomic mass is 9.99. The molecular formula is C29H26N2O10. The average Bonchev–Trinajstić information content (AvgIpc) is 3.58. The molecule has 2 fully saturated rings. The van der Waals surface area contributed by atoms with Crippen molar-refractivity contribution in [1.82, 2.24) is 0 Å². The lowest BCUT2D eigenvalue weighted by Gasteiger charge is -2.15. The molecule has 2 saturated heterocycles. The standard InChI is InChI=1S/C15H11NO5.C14H15NO5/c17-15-20-9-11(21-15)8-19-14-6-5-10-3-1-2-4-12(10)13(14)7-16-18;1-8-4-9(2)13(10(3)12(8)5-15-17)18-6-11-7-19-14(16)20-11/h1-6,11H,8-9H2;4,11H,6-7H2,1-3H3. The minimum absolute atomic E-state index is 0.137. The molecule has 0 N–H and O–H groups in total. The van der Waals surface area contributed by atoms with Gasteiger partial charge >= 0.3 is 24.4 Å². The predicted molar refractivity (Wildman–Crippen MR) is 147 cm³/mol. The van der Waals surface area contributed by atoms with Crippen molar-refractivity contribution in [2.24, 2.45) is 0 Å². The molecule has 41 heavy (non-hydrogen) atoms. The summed E-state index contributed by atoms with van der Waals surface area (Å²) in [4.78, 5) is 21.7. The Labute approximate surface area is 235 Å². The summed E-state index contributed by atoms with van der Waals surface area (Å²) in [5.74, 6) is 1.10. The second kappa shape index (κ2) is 13.1. The third-order valence-electron chi connectivity index (χ3n) is 6.25. The van der Waals surface area contributed by atoms with Gasteiger partial charge in [-0.1, -0.05) is 36.4 Å². The second-order valence-corrected chi connectivity index (χ2v) is 9.13. The number of hydrogen-bond acceptors (Lipinski definition) is 10. The molecule has 3 aromatic rings. The van der Waals surface area contributed by atoms with Crippen molar-refractivity contribution < 1.29 is 38.0 Å².